The highest BCUT2D eigenvalue weighted by Crippen LogP contribution is 2.52. The molecule has 0 saturated heterocycles. The van der Waals surface area contributed by atoms with Crippen LogP contribution in [0, 0.1) is 0 Å². The predicted molar refractivity (Wildman–Crippen MR) is 127 cm³/mol. The van der Waals surface area contributed by atoms with Crippen LogP contribution < -0.4 is 9.47 Å². The van der Waals surface area contributed by atoms with E-state index in [1.54, 1.807) is 7.11 Å². The molecule has 0 aromatic heterocycles. The van der Waals surface area contributed by atoms with E-state index in [1.165, 1.54) is 59.1 Å². The number of hydrogen-bond donors (Lipinski definition) is 0. The van der Waals surface area contributed by atoms with E-state index in [2.05, 4.69) is 64.8 Å². The number of fused-ring (bicyclic) bond motifs is 2. The summed E-state index contributed by atoms with van der Waals surface area (Å²) < 4.78 is 14.7. The van der Waals surface area contributed by atoms with Gasteiger partial charge in [0.2, 0.25) is 0 Å². The van der Waals surface area contributed by atoms with E-state index in [4.69, 9.17) is 9.47 Å². The van der Waals surface area contributed by atoms with Gasteiger partial charge in [0.15, 0.2) is 0 Å². The van der Waals surface area contributed by atoms with Gasteiger partial charge in [-0.15, -0.1) is 0 Å². The predicted octanol–water partition coefficient (Wildman–Crippen LogP) is 7.82. The minimum atomic E-state index is -0.278. The van der Waals surface area contributed by atoms with Crippen LogP contribution in [0.2, 0.25) is 0 Å². The summed E-state index contributed by atoms with van der Waals surface area (Å²) in [6.45, 7) is 6.36. The maximum Gasteiger partial charge on any atom is 0.142 e. The fourth-order valence-corrected chi connectivity index (χ4v) is 6.02. The molecule has 2 aliphatic carbocycles. The second-order valence-corrected chi connectivity index (χ2v) is 10.9. The average Bonchev–Trinajstić information content (AvgIpc) is 2.67. The zero-order valence-electron chi connectivity index (χ0n) is 17.9. The Balaban J connectivity index is 2.09. The monoisotopic (exact) mass is 520 g/mol. The fraction of sp³-hybridized carbons (Fsp3) is 0.520. The van der Waals surface area contributed by atoms with Gasteiger partial charge < -0.3 is 9.47 Å². The largest absolute Gasteiger partial charge is 0.495 e. The van der Waals surface area contributed by atoms with Crippen LogP contribution in [0.25, 0.3) is 11.1 Å². The number of ether oxygens (including phenoxy) is 2. The molecule has 4 rings (SSSR count). The highest BCUT2D eigenvalue weighted by atomic mass is 79.9. The maximum atomic E-state index is 6.60. The molecule has 0 N–H and O–H groups in total. The average molecular weight is 522 g/mol. The van der Waals surface area contributed by atoms with Crippen LogP contribution in [-0.4, -0.2) is 12.7 Å². The van der Waals surface area contributed by atoms with Gasteiger partial charge in [-0.3, -0.25) is 0 Å². The van der Waals surface area contributed by atoms with Crippen LogP contribution in [0.5, 0.6) is 11.5 Å². The normalized spacial score (nSPS) is 16.2. The van der Waals surface area contributed by atoms with Gasteiger partial charge in [0.05, 0.1) is 16.1 Å². The van der Waals surface area contributed by atoms with Crippen molar-refractivity contribution in [2.45, 2.75) is 77.7 Å². The quantitative estimate of drug-likeness (QED) is 0.409. The lowest BCUT2D eigenvalue weighted by Gasteiger charge is -2.31. The van der Waals surface area contributed by atoms with E-state index in [1.807, 2.05) is 0 Å². The minimum Gasteiger partial charge on any atom is -0.495 e. The van der Waals surface area contributed by atoms with Gasteiger partial charge in [0.25, 0.3) is 0 Å². The molecule has 0 fully saturated rings. The van der Waals surface area contributed by atoms with Crippen LogP contribution in [0.4, 0.5) is 0 Å². The Morgan fingerprint density at radius 2 is 1.17 bits per heavy atom. The van der Waals surface area contributed by atoms with Crippen molar-refractivity contribution in [1.29, 1.82) is 0 Å². The molecule has 0 spiro atoms. The van der Waals surface area contributed by atoms with E-state index < -0.39 is 0 Å². The number of methoxy groups -OCH3 is 1. The van der Waals surface area contributed by atoms with E-state index in [-0.39, 0.29) is 5.60 Å². The molecule has 0 bridgehead atoms. The lowest BCUT2D eigenvalue weighted by atomic mass is 9.80. The van der Waals surface area contributed by atoms with Crippen LogP contribution >= 0.6 is 31.9 Å². The van der Waals surface area contributed by atoms with E-state index in [0.717, 1.165) is 46.1 Å². The Bertz CT molecular complexity index is 941. The lowest BCUT2D eigenvalue weighted by Crippen LogP contribution is -2.24. The highest BCUT2D eigenvalue weighted by Gasteiger charge is 2.30. The number of halogens is 2. The molecule has 156 valence electrons. The first-order valence-electron chi connectivity index (χ1n) is 10.7. The molecule has 0 amide bonds. The summed E-state index contributed by atoms with van der Waals surface area (Å²) >= 11 is 7.67. The Kier molecular flexibility index (Phi) is 6.05. The third kappa shape index (κ3) is 4.12. The molecule has 0 unspecified atom stereocenters. The Morgan fingerprint density at radius 1 is 0.724 bits per heavy atom. The van der Waals surface area contributed by atoms with Gasteiger partial charge in [-0.05, 0) is 138 Å². The summed E-state index contributed by atoms with van der Waals surface area (Å²) in [6, 6.07) is 4.56. The molecule has 2 aromatic carbocycles. The molecule has 29 heavy (non-hydrogen) atoms. The SMILES string of the molecule is COc1c(Br)cc2c(c1-c1c3c(cc(Br)c1OC(C)(C)C)CCCC3)CCCC2. The summed E-state index contributed by atoms with van der Waals surface area (Å²) in [4.78, 5) is 0. The number of rotatable bonds is 3. The number of aryl methyl sites for hydroxylation is 2. The zero-order valence-corrected chi connectivity index (χ0v) is 21.1. The molecular formula is C25H30Br2O2. The van der Waals surface area contributed by atoms with E-state index in [0.29, 0.717) is 0 Å². The van der Waals surface area contributed by atoms with Crippen molar-refractivity contribution in [3.8, 4) is 22.6 Å². The second kappa shape index (κ2) is 8.26. The zero-order chi connectivity index (χ0) is 20.8. The third-order valence-electron chi connectivity index (χ3n) is 5.98. The van der Waals surface area contributed by atoms with Gasteiger partial charge in [-0.25, -0.2) is 0 Å². The van der Waals surface area contributed by atoms with Gasteiger partial charge in [0.1, 0.15) is 17.1 Å². The number of hydrogen-bond acceptors (Lipinski definition) is 2. The molecule has 0 heterocycles. The first kappa shape index (κ1) is 21.2. The van der Waals surface area contributed by atoms with E-state index in [9.17, 15) is 0 Å². The van der Waals surface area contributed by atoms with Crippen LogP contribution in [0.3, 0.4) is 0 Å². The molecule has 4 heteroatoms. The smallest absolute Gasteiger partial charge is 0.142 e. The van der Waals surface area contributed by atoms with Crippen molar-refractivity contribution in [3.63, 3.8) is 0 Å². The Labute approximate surface area is 191 Å². The van der Waals surface area contributed by atoms with Crippen molar-refractivity contribution >= 4 is 31.9 Å². The molecule has 2 aliphatic rings. The van der Waals surface area contributed by atoms with Gasteiger partial charge >= 0.3 is 0 Å². The topological polar surface area (TPSA) is 18.5 Å². The molecule has 0 aliphatic heterocycles. The van der Waals surface area contributed by atoms with Crippen LogP contribution in [-0.2, 0) is 25.7 Å². The van der Waals surface area contributed by atoms with Crippen molar-refractivity contribution in [3.05, 3.63) is 43.3 Å². The molecule has 0 radical (unpaired) electrons. The van der Waals surface area contributed by atoms with Crippen molar-refractivity contribution in [1.82, 2.24) is 0 Å². The summed E-state index contributed by atoms with van der Waals surface area (Å²) in [5.41, 5.74) is 8.01. The maximum absolute atomic E-state index is 6.60. The van der Waals surface area contributed by atoms with Crippen molar-refractivity contribution in [2.75, 3.05) is 7.11 Å². The molecule has 2 nitrogen and oxygen atoms in total. The number of benzene rings is 2. The Morgan fingerprint density at radius 3 is 1.66 bits per heavy atom. The molecule has 0 atom stereocenters. The van der Waals surface area contributed by atoms with Crippen molar-refractivity contribution < 1.29 is 9.47 Å². The first-order valence-corrected chi connectivity index (χ1v) is 12.3. The third-order valence-corrected chi connectivity index (χ3v) is 7.15. The Hall–Kier alpha value is -1.00. The van der Waals surface area contributed by atoms with Crippen LogP contribution in [0.1, 0.15) is 68.7 Å². The highest BCUT2D eigenvalue weighted by molar-refractivity contribution is 9.11. The summed E-state index contributed by atoms with van der Waals surface area (Å²) in [5.74, 6) is 1.90. The summed E-state index contributed by atoms with van der Waals surface area (Å²) in [7, 11) is 1.79. The van der Waals surface area contributed by atoms with Crippen molar-refractivity contribution in [2.24, 2.45) is 0 Å². The first-order chi connectivity index (χ1) is 13.8. The van der Waals surface area contributed by atoms with Gasteiger partial charge in [0, 0.05) is 11.1 Å². The van der Waals surface area contributed by atoms with Gasteiger partial charge in [-0.2, -0.15) is 0 Å². The summed E-state index contributed by atoms with van der Waals surface area (Å²) in [5, 5.41) is 0. The van der Waals surface area contributed by atoms with E-state index >= 15 is 0 Å². The second-order valence-electron chi connectivity index (χ2n) is 9.23. The fourth-order valence-electron chi connectivity index (χ4n) is 4.83. The summed E-state index contributed by atoms with van der Waals surface area (Å²) in [6.07, 6.45) is 9.45. The molecule has 2 aromatic rings. The minimum absolute atomic E-state index is 0.278. The standard InChI is InChI=1S/C25H30Br2O2/c1-25(2,3)29-24-20(27)14-16-10-6-8-12-18(16)22(24)21-17-11-7-5-9-15(17)13-19(26)23(21)28-4/h13-14H,5-12H2,1-4H3. The molecule has 0 saturated carbocycles. The van der Waals surface area contributed by atoms with Gasteiger partial charge in [-0.1, -0.05) is 0 Å². The molecular weight excluding hydrogens is 492 g/mol. The van der Waals surface area contributed by atoms with Crippen LogP contribution in [0.15, 0.2) is 21.1 Å². The lowest BCUT2D eigenvalue weighted by molar-refractivity contribution is 0.130.